The molecular weight excluding hydrogens is 224 g/mol. The molecule has 0 saturated carbocycles. The van der Waals surface area contributed by atoms with Gasteiger partial charge in [-0.1, -0.05) is 30.0 Å². The molecule has 5 heteroatoms. The van der Waals surface area contributed by atoms with E-state index in [0.717, 1.165) is 9.16 Å². The minimum Gasteiger partial charge on any atom is -0.805 e. The van der Waals surface area contributed by atoms with Crippen LogP contribution in [-0.4, -0.2) is 10.5 Å². The van der Waals surface area contributed by atoms with E-state index >= 15 is 0 Å². The number of aromatic nitrogens is 2. The standard InChI is InChI=1S/C11H10N2O2S/c1-2-7-16-11-8-12(14)9-5-3-4-6-10(9)13(11)15/h2-6,8H,1,7H2. The molecule has 4 nitrogen and oxygen atoms in total. The van der Waals surface area contributed by atoms with Gasteiger partial charge in [0.15, 0.2) is 0 Å². The number of para-hydroxylation sites is 2. The minimum absolute atomic E-state index is 0.375. The number of fused-ring (bicyclic) bond motifs is 1. The summed E-state index contributed by atoms with van der Waals surface area (Å²) >= 11 is 1.29. The van der Waals surface area contributed by atoms with E-state index in [4.69, 9.17) is 0 Å². The lowest BCUT2D eigenvalue weighted by Crippen LogP contribution is -2.18. The van der Waals surface area contributed by atoms with Gasteiger partial charge in [0.25, 0.3) is 11.7 Å². The zero-order valence-electron chi connectivity index (χ0n) is 8.50. The molecular formula is C11H10N2O2S. The van der Waals surface area contributed by atoms with Gasteiger partial charge >= 0.3 is 0 Å². The Bertz CT molecular complexity index is 592. The first-order valence-electron chi connectivity index (χ1n) is 4.72. The van der Waals surface area contributed by atoms with Crippen LogP contribution in [0, 0.1) is 10.1 Å². The number of thioether (sulfide) groups is 1. The molecule has 0 aliphatic rings. The topological polar surface area (TPSA) is 51.0 Å². The van der Waals surface area contributed by atoms with Crippen LogP contribution in [0.15, 0.2) is 48.1 Å². The van der Waals surface area contributed by atoms with Gasteiger partial charge in [-0.15, -0.1) is 6.58 Å². The Morgan fingerprint density at radius 1 is 1.50 bits per heavy atom. The predicted octanol–water partition coefficient (Wildman–Crippen LogP) is 2.18. The number of hydrogen-bond donors (Lipinski definition) is 0. The van der Waals surface area contributed by atoms with Crippen LogP contribution < -0.4 is 4.43 Å². The molecule has 0 amide bonds. The van der Waals surface area contributed by atoms with Gasteiger partial charge in [-0.3, -0.25) is 0 Å². The Kier molecular flexibility index (Phi) is 2.96. The van der Waals surface area contributed by atoms with Gasteiger partial charge in [0.1, 0.15) is 10.5 Å². The van der Waals surface area contributed by atoms with E-state index < -0.39 is 0 Å². The highest BCUT2D eigenvalue weighted by Gasteiger charge is 2.10. The van der Waals surface area contributed by atoms with Crippen LogP contribution in [0.2, 0.25) is 0 Å². The highest BCUT2D eigenvalue weighted by Crippen LogP contribution is 2.19. The molecule has 16 heavy (non-hydrogen) atoms. The Balaban J connectivity index is 2.65. The third-order valence-electron chi connectivity index (χ3n) is 2.11. The highest BCUT2D eigenvalue weighted by atomic mass is 32.2. The summed E-state index contributed by atoms with van der Waals surface area (Å²) < 4.78 is 1.49. The molecule has 0 spiro atoms. The summed E-state index contributed by atoms with van der Waals surface area (Å²) in [4.78, 5) is 11.6. The zero-order chi connectivity index (χ0) is 11.5. The quantitative estimate of drug-likeness (QED) is 0.464. The maximum absolute atomic E-state index is 11.9. The van der Waals surface area contributed by atoms with E-state index in [-0.39, 0.29) is 0 Å². The van der Waals surface area contributed by atoms with E-state index in [1.54, 1.807) is 30.3 Å². The first kappa shape index (κ1) is 10.8. The molecule has 0 bridgehead atoms. The van der Waals surface area contributed by atoms with Crippen LogP contribution in [0.3, 0.4) is 0 Å². The van der Waals surface area contributed by atoms with Crippen LogP contribution in [0.4, 0.5) is 0 Å². The average Bonchev–Trinajstić information content (AvgIpc) is 2.32. The van der Waals surface area contributed by atoms with Crippen molar-refractivity contribution in [2.75, 3.05) is 5.75 Å². The third kappa shape index (κ3) is 1.81. The summed E-state index contributed by atoms with van der Waals surface area (Å²) in [6.45, 7) is 3.57. The van der Waals surface area contributed by atoms with Gasteiger partial charge in [0.2, 0.25) is 0 Å². The molecule has 0 atom stereocenters. The fraction of sp³-hybridized carbons (Fsp3) is 0.0909. The van der Waals surface area contributed by atoms with Crippen LogP contribution in [0.5, 0.6) is 0 Å². The summed E-state index contributed by atoms with van der Waals surface area (Å²) in [7, 11) is 0. The lowest BCUT2D eigenvalue weighted by molar-refractivity contribution is -0.467. The van der Waals surface area contributed by atoms with Crippen molar-refractivity contribution in [1.29, 1.82) is 0 Å². The van der Waals surface area contributed by atoms with E-state index in [1.165, 1.54) is 18.0 Å². The van der Waals surface area contributed by atoms with E-state index in [1.807, 2.05) is 0 Å². The fourth-order valence-electron chi connectivity index (χ4n) is 1.40. The van der Waals surface area contributed by atoms with Crippen molar-refractivity contribution in [2.24, 2.45) is 0 Å². The van der Waals surface area contributed by atoms with Gasteiger partial charge in [0.05, 0.1) is 4.43 Å². The van der Waals surface area contributed by atoms with E-state index in [0.29, 0.717) is 21.8 Å². The van der Waals surface area contributed by atoms with Gasteiger partial charge in [0, 0.05) is 16.7 Å². The van der Waals surface area contributed by atoms with Gasteiger partial charge in [-0.2, -0.15) is 0 Å². The molecule has 0 saturated heterocycles. The van der Waals surface area contributed by atoms with Crippen LogP contribution in [0.1, 0.15) is 0 Å². The molecule has 2 rings (SSSR count). The van der Waals surface area contributed by atoms with Gasteiger partial charge < -0.3 is 9.94 Å². The lowest BCUT2D eigenvalue weighted by atomic mass is 10.3. The van der Waals surface area contributed by atoms with Crippen LogP contribution in [0.25, 0.3) is 11.0 Å². The number of hydrogen-bond acceptors (Lipinski definition) is 3. The smallest absolute Gasteiger partial charge is 0.286 e. The largest absolute Gasteiger partial charge is 0.805 e. The molecule has 0 aliphatic heterocycles. The van der Waals surface area contributed by atoms with E-state index in [2.05, 4.69) is 6.58 Å². The summed E-state index contributed by atoms with van der Waals surface area (Å²) in [5.41, 5.74) is 0.756. The monoisotopic (exact) mass is 234 g/mol. The van der Waals surface area contributed by atoms with Crippen molar-refractivity contribution < 1.29 is 4.43 Å². The summed E-state index contributed by atoms with van der Waals surface area (Å²) in [5.74, 6) is 0.598. The third-order valence-corrected chi connectivity index (χ3v) is 3.08. The fourth-order valence-corrected chi connectivity index (χ4v) is 2.08. The second kappa shape index (κ2) is 4.40. The maximum Gasteiger partial charge on any atom is 0.286 e. The summed E-state index contributed by atoms with van der Waals surface area (Å²) in [6, 6.07) is 6.72. The minimum atomic E-state index is 0.375. The maximum atomic E-state index is 11.9. The van der Waals surface area contributed by atoms with Crippen molar-refractivity contribution in [3.8, 4) is 0 Å². The normalized spacial score (nSPS) is 10.5. The molecule has 0 aliphatic carbocycles. The summed E-state index contributed by atoms with van der Waals surface area (Å²) in [6.07, 6.45) is 2.98. The molecule has 1 aromatic heterocycles. The predicted molar refractivity (Wildman–Crippen MR) is 65.0 cm³/mol. The first-order chi connectivity index (χ1) is 7.74. The zero-order valence-corrected chi connectivity index (χ0v) is 9.31. The second-order valence-electron chi connectivity index (χ2n) is 3.18. The molecule has 0 unspecified atom stereocenters. The molecule has 2 aromatic rings. The molecule has 0 radical (unpaired) electrons. The Hall–Kier alpha value is -1.75. The Labute approximate surface area is 96.4 Å². The molecule has 1 heterocycles. The lowest BCUT2D eigenvalue weighted by Gasteiger charge is -2.15. The Morgan fingerprint density at radius 3 is 3.00 bits per heavy atom. The number of benzene rings is 1. The number of rotatable bonds is 3. The Morgan fingerprint density at radius 2 is 2.25 bits per heavy atom. The van der Waals surface area contributed by atoms with Crippen molar-refractivity contribution in [3.63, 3.8) is 0 Å². The van der Waals surface area contributed by atoms with Crippen molar-refractivity contribution >= 4 is 22.8 Å². The van der Waals surface area contributed by atoms with Crippen molar-refractivity contribution in [2.45, 2.75) is 5.03 Å². The van der Waals surface area contributed by atoms with Crippen molar-refractivity contribution in [1.82, 2.24) is 4.73 Å². The molecule has 1 aromatic carbocycles. The number of nitrogens with zero attached hydrogens (tertiary/aromatic N) is 2. The average molecular weight is 234 g/mol. The second-order valence-corrected chi connectivity index (χ2v) is 4.22. The molecule has 0 N–H and O–H groups in total. The molecule has 82 valence electrons. The highest BCUT2D eigenvalue weighted by molar-refractivity contribution is 7.99. The van der Waals surface area contributed by atoms with E-state index in [9.17, 15) is 10.1 Å². The summed E-state index contributed by atoms with van der Waals surface area (Å²) in [5, 5.41) is 12.3. The SMILES string of the molecule is C=CCSc1c[n+](=O)c2ccccc2n1[O-]. The van der Waals surface area contributed by atoms with Gasteiger partial charge in [-0.05, 0) is 6.07 Å². The first-order valence-corrected chi connectivity index (χ1v) is 5.71. The molecule has 0 fully saturated rings. The van der Waals surface area contributed by atoms with Crippen LogP contribution >= 0.6 is 11.8 Å². The van der Waals surface area contributed by atoms with Crippen molar-refractivity contribution in [3.05, 3.63) is 53.2 Å². The van der Waals surface area contributed by atoms with Crippen LogP contribution in [-0.2, 0) is 0 Å². The van der Waals surface area contributed by atoms with Gasteiger partial charge in [-0.25, -0.2) is 0 Å².